The van der Waals surface area contributed by atoms with Crippen LogP contribution in [0.4, 0.5) is 4.79 Å². The standard InChI is InChI=1S/C14H20N2O3/c17-11-14(7-3-8-14)12(18)16(13(19)15-11)9-6-10-4-1-2-5-10/h10H,1-9H2,(H,15,17,19). The Labute approximate surface area is 112 Å². The van der Waals surface area contributed by atoms with Crippen molar-refractivity contribution in [3.05, 3.63) is 0 Å². The maximum absolute atomic E-state index is 12.4. The number of hydrogen-bond acceptors (Lipinski definition) is 3. The molecule has 5 nitrogen and oxygen atoms in total. The number of urea groups is 1. The molecule has 1 heterocycles. The summed E-state index contributed by atoms with van der Waals surface area (Å²) in [6, 6.07) is -0.523. The third-order valence-corrected chi connectivity index (χ3v) is 5.00. The van der Waals surface area contributed by atoms with E-state index in [0.717, 1.165) is 12.8 Å². The quantitative estimate of drug-likeness (QED) is 0.791. The first-order valence-electron chi connectivity index (χ1n) is 7.31. The van der Waals surface area contributed by atoms with Gasteiger partial charge in [-0.15, -0.1) is 0 Å². The molecule has 0 aromatic rings. The highest BCUT2D eigenvalue weighted by molar-refractivity contribution is 6.19. The number of imide groups is 2. The van der Waals surface area contributed by atoms with Crippen LogP contribution in [0.15, 0.2) is 0 Å². The summed E-state index contributed by atoms with van der Waals surface area (Å²) in [5, 5.41) is 2.36. The number of amides is 4. The van der Waals surface area contributed by atoms with Crippen LogP contribution in [0.2, 0.25) is 0 Å². The molecule has 3 fully saturated rings. The number of barbiturate groups is 1. The van der Waals surface area contributed by atoms with Crippen LogP contribution in [0, 0.1) is 11.3 Å². The minimum atomic E-state index is -0.913. The Hall–Kier alpha value is -1.39. The molecule has 1 saturated heterocycles. The fourth-order valence-electron chi connectivity index (χ4n) is 3.52. The Morgan fingerprint density at radius 2 is 1.79 bits per heavy atom. The van der Waals surface area contributed by atoms with E-state index in [0.29, 0.717) is 25.3 Å². The van der Waals surface area contributed by atoms with Gasteiger partial charge in [-0.25, -0.2) is 4.79 Å². The van der Waals surface area contributed by atoms with Gasteiger partial charge in [-0.3, -0.25) is 19.8 Å². The average Bonchev–Trinajstić information content (AvgIpc) is 2.79. The van der Waals surface area contributed by atoms with Gasteiger partial charge in [-0.2, -0.15) is 0 Å². The number of nitrogens with one attached hydrogen (secondary N) is 1. The van der Waals surface area contributed by atoms with Crippen LogP contribution in [0.25, 0.3) is 0 Å². The molecule has 0 aromatic heterocycles. The van der Waals surface area contributed by atoms with Gasteiger partial charge >= 0.3 is 6.03 Å². The van der Waals surface area contributed by atoms with Crippen LogP contribution < -0.4 is 5.32 Å². The molecule has 2 saturated carbocycles. The summed E-state index contributed by atoms with van der Waals surface area (Å²) in [7, 11) is 0. The number of rotatable bonds is 3. The molecule has 3 aliphatic rings. The lowest BCUT2D eigenvalue weighted by atomic mass is 9.66. The number of carbonyl (C=O) groups is 3. The van der Waals surface area contributed by atoms with Crippen molar-refractivity contribution in [3.8, 4) is 0 Å². The van der Waals surface area contributed by atoms with Gasteiger partial charge in [0.1, 0.15) is 5.41 Å². The van der Waals surface area contributed by atoms with Gasteiger partial charge in [0, 0.05) is 6.54 Å². The van der Waals surface area contributed by atoms with E-state index in [1.165, 1.54) is 30.6 Å². The summed E-state index contributed by atoms with van der Waals surface area (Å²) in [5.41, 5.74) is -0.913. The predicted molar refractivity (Wildman–Crippen MR) is 68.1 cm³/mol. The van der Waals surface area contributed by atoms with Crippen molar-refractivity contribution < 1.29 is 14.4 Å². The lowest BCUT2D eigenvalue weighted by molar-refractivity contribution is -0.157. The molecule has 3 rings (SSSR count). The summed E-state index contributed by atoms with van der Waals surface area (Å²) >= 11 is 0. The molecule has 0 aromatic carbocycles. The van der Waals surface area contributed by atoms with Gasteiger partial charge < -0.3 is 0 Å². The van der Waals surface area contributed by atoms with Gasteiger partial charge in [-0.05, 0) is 25.2 Å². The zero-order valence-electron chi connectivity index (χ0n) is 11.1. The van der Waals surface area contributed by atoms with Crippen LogP contribution in [-0.4, -0.2) is 29.3 Å². The largest absolute Gasteiger partial charge is 0.330 e. The van der Waals surface area contributed by atoms with E-state index >= 15 is 0 Å². The molecular formula is C14H20N2O3. The zero-order valence-corrected chi connectivity index (χ0v) is 11.1. The minimum absolute atomic E-state index is 0.259. The van der Waals surface area contributed by atoms with Gasteiger partial charge in [0.15, 0.2) is 0 Å². The summed E-state index contributed by atoms with van der Waals surface area (Å²) in [4.78, 5) is 37.3. The molecule has 4 amide bonds. The van der Waals surface area contributed by atoms with Crippen molar-refractivity contribution in [3.63, 3.8) is 0 Å². The van der Waals surface area contributed by atoms with Gasteiger partial charge in [-0.1, -0.05) is 32.1 Å². The Morgan fingerprint density at radius 3 is 2.37 bits per heavy atom. The van der Waals surface area contributed by atoms with Gasteiger partial charge in [0.25, 0.3) is 0 Å². The Balaban J connectivity index is 1.67. The third-order valence-electron chi connectivity index (χ3n) is 5.00. The van der Waals surface area contributed by atoms with Crippen LogP contribution in [0.5, 0.6) is 0 Å². The molecule has 1 spiro atoms. The van der Waals surface area contributed by atoms with Crippen molar-refractivity contribution in [1.82, 2.24) is 10.2 Å². The molecule has 0 unspecified atom stereocenters. The van der Waals surface area contributed by atoms with Crippen molar-refractivity contribution >= 4 is 17.8 Å². The molecule has 1 aliphatic heterocycles. The molecule has 2 aliphatic carbocycles. The van der Waals surface area contributed by atoms with E-state index in [1.807, 2.05) is 0 Å². The highest BCUT2D eigenvalue weighted by Crippen LogP contribution is 2.44. The molecule has 0 bridgehead atoms. The SMILES string of the molecule is O=C1NC(=O)C2(CCC2)C(=O)N1CCC1CCCC1. The summed E-state index contributed by atoms with van der Waals surface area (Å²) in [5.74, 6) is -0.00747. The topological polar surface area (TPSA) is 66.5 Å². The minimum Gasteiger partial charge on any atom is -0.277 e. The van der Waals surface area contributed by atoms with E-state index in [9.17, 15) is 14.4 Å². The monoisotopic (exact) mass is 264 g/mol. The van der Waals surface area contributed by atoms with Crippen LogP contribution in [0.1, 0.15) is 51.4 Å². The first kappa shape index (κ1) is 12.6. The van der Waals surface area contributed by atoms with Crippen molar-refractivity contribution in [2.24, 2.45) is 11.3 Å². The second-order valence-electron chi connectivity index (χ2n) is 6.09. The van der Waals surface area contributed by atoms with Crippen LogP contribution in [-0.2, 0) is 9.59 Å². The predicted octanol–water partition coefficient (Wildman–Crippen LogP) is 1.82. The average molecular weight is 264 g/mol. The van der Waals surface area contributed by atoms with Gasteiger partial charge in [0.05, 0.1) is 0 Å². The summed E-state index contributed by atoms with van der Waals surface area (Å²) in [6.45, 7) is 0.463. The Bertz CT molecular complexity index is 422. The van der Waals surface area contributed by atoms with Crippen LogP contribution in [0.3, 0.4) is 0 Å². The molecular weight excluding hydrogens is 244 g/mol. The smallest absolute Gasteiger partial charge is 0.277 e. The molecule has 19 heavy (non-hydrogen) atoms. The maximum atomic E-state index is 12.4. The fourth-order valence-corrected chi connectivity index (χ4v) is 3.52. The highest BCUT2D eigenvalue weighted by atomic mass is 16.2. The van der Waals surface area contributed by atoms with E-state index < -0.39 is 11.4 Å². The van der Waals surface area contributed by atoms with E-state index in [-0.39, 0.29) is 11.8 Å². The number of nitrogens with zero attached hydrogens (tertiary/aromatic N) is 1. The molecule has 0 radical (unpaired) electrons. The Kier molecular flexibility index (Phi) is 3.07. The van der Waals surface area contributed by atoms with Crippen molar-refractivity contribution in [1.29, 1.82) is 0 Å². The molecule has 5 heteroatoms. The molecule has 1 N–H and O–H groups in total. The van der Waals surface area contributed by atoms with E-state index in [4.69, 9.17) is 0 Å². The zero-order chi connectivity index (χ0) is 13.5. The van der Waals surface area contributed by atoms with E-state index in [1.54, 1.807) is 0 Å². The second-order valence-corrected chi connectivity index (χ2v) is 6.09. The summed E-state index contributed by atoms with van der Waals surface area (Å²) < 4.78 is 0. The highest BCUT2D eigenvalue weighted by Gasteiger charge is 2.57. The van der Waals surface area contributed by atoms with E-state index in [2.05, 4.69) is 5.32 Å². The Morgan fingerprint density at radius 1 is 1.11 bits per heavy atom. The summed E-state index contributed by atoms with van der Waals surface area (Å²) in [6.07, 6.45) is 7.87. The number of hydrogen-bond donors (Lipinski definition) is 1. The lowest BCUT2D eigenvalue weighted by Gasteiger charge is -2.44. The first-order chi connectivity index (χ1) is 9.13. The third kappa shape index (κ3) is 1.95. The molecule has 104 valence electrons. The normalized spacial score (nSPS) is 26.7. The second kappa shape index (κ2) is 4.62. The van der Waals surface area contributed by atoms with Gasteiger partial charge in [0.2, 0.25) is 11.8 Å². The first-order valence-corrected chi connectivity index (χ1v) is 7.31. The van der Waals surface area contributed by atoms with Crippen molar-refractivity contribution in [2.75, 3.05) is 6.54 Å². The van der Waals surface area contributed by atoms with Crippen LogP contribution >= 0.6 is 0 Å². The maximum Gasteiger partial charge on any atom is 0.330 e. The number of carbonyl (C=O) groups excluding carboxylic acids is 3. The molecule has 0 atom stereocenters. The lowest BCUT2D eigenvalue weighted by Crippen LogP contribution is -2.66. The fraction of sp³-hybridized carbons (Fsp3) is 0.786. The van der Waals surface area contributed by atoms with Crippen molar-refractivity contribution in [2.45, 2.75) is 51.4 Å².